The Morgan fingerprint density at radius 3 is 2.13 bits per heavy atom. The summed E-state index contributed by atoms with van der Waals surface area (Å²) in [6.45, 7) is 5.23. The van der Waals surface area contributed by atoms with Crippen molar-refractivity contribution in [1.29, 1.82) is 0 Å². The van der Waals surface area contributed by atoms with E-state index in [0.717, 1.165) is 38.5 Å². The molecule has 0 saturated carbocycles. The zero-order chi connectivity index (χ0) is 15.5. The molecule has 3 heterocycles. The van der Waals surface area contributed by atoms with Crippen LogP contribution in [-0.2, 0) is 9.59 Å². The first-order chi connectivity index (χ1) is 10.7. The molecule has 2 aliphatic rings. The molecule has 126 valence electrons. The molecule has 8 heteroatoms. The van der Waals surface area contributed by atoms with Gasteiger partial charge in [-0.1, -0.05) is 6.92 Å². The Bertz CT molecular complexity index is 532. The van der Waals surface area contributed by atoms with Crippen molar-refractivity contribution in [3.8, 4) is 0 Å². The third kappa shape index (κ3) is 3.61. The van der Waals surface area contributed by atoms with E-state index in [9.17, 15) is 9.59 Å². The van der Waals surface area contributed by atoms with Crippen molar-refractivity contribution < 1.29 is 9.59 Å². The van der Waals surface area contributed by atoms with Gasteiger partial charge in [-0.15, -0.1) is 12.4 Å². The number of anilines is 1. The van der Waals surface area contributed by atoms with Crippen LogP contribution in [-0.4, -0.2) is 63.9 Å². The van der Waals surface area contributed by atoms with Crippen LogP contribution in [0.4, 0.5) is 5.95 Å². The zero-order valence-corrected chi connectivity index (χ0v) is 14.0. The maximum atomic E-state index is 12.0. The van der Waals surface area contributed by atoms with Crippen molar-refractivity contribution in [2.75, 3.05) is 31.1 Å². The van der Waals surface area contributed by atoms with E-state index in [1.165, 1.54) is 4.90 Å². The summed E-state index contributed by atoms with van der Waals surface area (Å²) >= 11 is 0. The molecular weight excluding hydrogens is 318 g/mol. The smallest absolute Gasteiger partial charge is 0.231 e. The minimum Gasteiger partial charge on any atom is -0.338 e. The van der Waals surface area contributed by atoms with E-state index in [2.05, 4.69) is 19.8 Å². The van der Waals surface area contributed by atoms with E-state index in [0.29, 0.717) is 12.8 Å². The standard InChI is InChI=1S/C15H21N5O2.ClH/c1-2-12(20-13(21)4-5-14(20)22)18-8-10-19(11-9-18)15-16-6-3-7-17-15;/h3,6-7,12H,2,4-5,8-11H2,1H3;1H. The number of hydrogen-bond acceptors (Lipinski definition) is 6. The fourth-order valence-electron chi connectivity index (χ4n) is 3.20. The van der Waals surface area contributed by atoms with Gasteiger partial charge in [0.25, 0.3) is 0 Å². The number of nitrogens with zero attached hydrogens (tertiary/aromatic N) is 5. The highest BCUT2D eigenvalue weighted by atomic mass is 35.5. The van der Waals surface area contributed by atoms with Gasteiger partial charge >= 0.3 is 0 Å². The van der Waals surface area contributed by atoms with Gasteiger partial charge in [-0.25, -0.2) is 9.97 Å². The highest BCUT2D eigenvalue weighted by Crippen LogP contribution is 2.22. The van der Waals surface area contributed by atoms with Gasteiger partial charge < -0.3 is 4.90 Å². The Morgan fingerprint density at radius 1 is 1.04 bits per heavy atom. The predicted octanol–water partition coefficient (Wildman–Crippen LogP) is 0.905. The molecule has 2 aliphatic heterocycles. The molecule has 0 radical (unpaired) electrons. The van der Waals surface area contributed by atoms with Gasteiger partial charge in [0.05, 0.1) is 6.17 Å². The largest absolute Gasteiger partial charge is 0.338 e. The number of rotatable bonds is 4. The Labute approximate surface area is 142 Å². The molecular formula is C15H22ClN5O2. The molecule has 0 spiro atoms. The van der Waals surface area contributed by atoms with Crippen LogP contribution in [0.3, 0.4) is 0 Å². The maximum absolute atomic E-state index is 12.0. The number of carbonyl (C=O) groups is 2. The Morgan fingerprint density at radius 2 is 1.61 bits per heavy atom. The van der Waals surface area contributed by atoms with Gasteiger partial charge in [0, 0.05) is 51.4 Å². The second kappa shape index (κ2) is 7.70. The molecule has 0 aliphatic carbocycles. The summed E-state index contributed by atoms with van der Waals surface area (Å²) in [4.78, 5) is 38.3. The number of hydrogen-bond donors (Lipinski definition) is 0. The maximum Gasteiger partial charge on any atom is 0.231 e. The Hall–Kier alpha value is -1.73. The molecule has 7 nitrogen and oxygen atoms in total. The number of piperazine rings is 1. The number of carbonyl (C=O) groups excluding carboxylic acids is 2. The second-order valence-electron chi connectivity index (χ2n) is 5.62. The molecule has 0 N–H and O–H groups in total. The SMILES string of the molecule is CCC(N1CCN(c2ncccn2)CC1)N1C(=O)CCC1=O.Cl. The van der Waals surface area contributed by atoms with Crippen LogP contribution in [0.25, 0.3) is 0 Å². The summed E-state index contributed by atoms with van der Waals surface area (Å²) in [7, 11) is 0. The highest BCUT2D eigenvalue weighted by Gasteiger charge is 2.38. The molecule has 2 amide bonds. The van der Waals surface area contributed by atoms with E-state index in [1.807, 2.05) is 6.92 Å². The van der Waals surface area contributed by atoms with Crippen LogP contribution < -0.4 is 4.90 Å². The van der Waals surface area contributed by atoms with E-state index in [1.54, 1.807) is 18.5 Å². The van der Waals surface area contributed by atoms with E-state index >= 15 is 0 Å². The van der Waals surface area contributed by atoms with Crippen LogP contribution in [0.2, 0.25) is 0 Å². The third-order valence-electron chi connectivity index (χ3n) is 4.32. The van der Waals surface area contributed by atoms with Crippen LogP contribution >= 0.6 is 12.4 Å². The first kappa shape index (κ1) is 17.6. The summed E-state index contributed by atoms with van der Waals surface area (Å²) < 4.78 is 0. The molecule has 2 fully saturated rings. The van der Waals surface area contributed by atoms with Gasteiger partial charge in [0.1, 0.15) is 0 Å². The molecule has 0 bridgehead atoms. The first-order valence-electron chi connectivity index (χ1n) is 7.81. The summed E-state index contributed by atoms with van der Waals surface area (Å²) in [6.07, 6.45) is 4.84. The number of imide groups is 1. The molecule has 1 aromatic heterocycles. The Balaban J connectivity index is 0.00000192. The summed E-state index contributed by atoms with van der Waals surface area (Å²) in [5.41, 5.74) is 0. The Kier molecular flexibility index (Phi) is 5.90. The lowest BCUT2D eigenvalue weighted by molar-refractivity contribution is -0.146. The normalized spacial score (nSPS) is 20.6. The third-order valence-corrected chi connectivity index (χ3v) is 4.32. The quantitative estimate of drug-likeness (QED) is 0.759. The number of amides is 2. The lowest BCUT2D eigenvalue weighted by atomic mass is 10.2. The first-order valence-corrected chi connectivity index (χ1v) is 7.81. The van der Waals surface area contributed by atoms with Gasteiger partial charge in [-0.05, 0) is 12.5 Å². The minimum absolute atomic E-state index is 0. The molecule has 1 unspecified atom stereocenters. The summed E-state index contributed by atoms with van der Waals surface area (Å²) in [5, 5.41) is 0. The van der Waals surface area contributed by atoms with Gasteiger partial charge in [0.2, 0.25) is 17.8 Å². The predicted molar refractivity (Wildman–Crippen MR) is 88.2 cm³/mol. The molecule has 2 saturated heterocycles. The van der Waals surface area contributed by atoms with Crippen molar-refractivity contribution in [3.63, 3.8) is 0 Å². The molecule has 23 heavy (non-hydrogen) atoms. The monoisotopic (exact) mass is 339 g/mol. The van der Waals surface area contributed by atoms with Crippen molar-refractivity contribution in [3.05, 3.63) is 18.5 Å². The van der Waals surface area contributed by atoms with Gasteiger partial charge in [-0.3, -0.25) is 19.4 Å². The van der Waals surface area contributed by atoms with Crippen LogP contribution in [0.1, 0.15) is 26.2 Å². The van der Waals surface area contributed by atoms with E-state index < -0.39 is 0 Å². The summed E-state index contributed by atoms with van der Waals surface area (Å²) in [6, 6.07) is 1.80. The minimum atomic E-state index is -0.110. The topological polar surface area (TPSA) is 69.6 Å². The van der Waals surface area contributed by atoms with Crippen LogP contribution in [0.5, 0.6) is 0 Å². The van der Waals surface area contributed by atoms with Crippen LogP contribution in [0, 0.1) is 0 Å². The van der Waals surface area contributed by atoms with E-state index in [4.69, 9.17) is 0 Å². The number of likely N-dealkylation sites (tertiary alicyclic amines) is 1. The van der Waals surface area contributed by atoms with Gasteiger partial charge in [-0.2, -0.15) is 0 Å². The average Bonchev–Trinajstić information content (AvgIpc) is 2.90. The van der Waals surface area contributed by atoms with Crippen molar-refractivity contribution in [2.24, 2.45) is 0 Å². The number of halogens is 1. The molecule has 3 rings (SSSR count). The second-order valence-corrected chi connectivity index (χ2v) is 5.62. The lowest BCUT2D eigenvalue weighted by Gasteiger charge is -2.41. The van der Waals surface area contributed by atoms with Gasteiger partial charge in [0.15, 0.2) is 0 Å². The summed E-state index contributed by atoms with van der Waals surface area (Å²) in [5.74, 6) is 0.667. The molecule has 0 aromatic carbocycles. The van der Waals surface area contributed by atoms with E-state index in [-0.39, 0.29) is 30.4 Å². The molecule has 1 aromatic rings. The lowest BCUT2D eigenvalue weighted by Crippen LogP contribution is -2.57. The number of aromatic nitrogens is 2. The zero-order valence-electron chi connectivity index (χ0n) is 13.2. The van der Waals surface area contributed by atoms with Crippen molar-refractivity contribution in [2.45, 2.75) is 32.4 Å². The highest BCUT2D eigenvalue weighted by molar-refractivity contribution is 6.02. The van der Waals surface area contributed by atoms with Crippen LogP contribution in [0.15, 0.2) is 18.5 Å². The van der Waals surface area contributed by atoms with Crippen molar-refractivity contribution in [1.82, 2.24) is 19.8 Å². The average molecular weight is 340 g/mol. The fourth-order valence-corrected chi connectivity index (χ4v) is 3.20. The fraction of sp³-hybridized carbons (Fsp3) is 0.600. The van der Waals surface area contributed by atoms with Crippen molar-refractivity contribution >= 4 is 30.2 Å². The molecule has 1 atom stereocenters.